The van der Waals surface area contributed by atoms with E-state index in [4.69, 9.17) is 10.5 Å². The Morgan fingerprint density at radius 2 is 2.11 bits per heavy atom. The van der Waals surface area contributed by atoms with Crippen molar-refractivity contribution < 1.29 is 9.53 Å². The highest BCUT2D eigenvalue weighted by Gasteiger charge is 2.27. The Morgan fingerprint density at radius 1 is 1.26 bits per heavy atom. The maximum atomic E-state index is 12.2. The van der Waals surface area contributed by atoms with Crippen molar-refractivity contribution in [2.75, 3.05) is 19.7 Å². The third-order valence-corrected chi connectivity index (χ3v) is 4.55. The van der Waals surface area contributed by atoms with Gasteiger partial charge in [0.15, 0.2) is 0 Å². The van der Waals surface area contributed by atoms with E-state index in [1.165, 1.54) is 19.3 Å². The summed E-state index contributed by atoms with van der Waals surface area (Å²) in [6.45, 7) is 3.94. The van der Waals surface area contributed by atoms with Gasteiger partial charge in [-0.25, -0.2) is 0 Å². The van der Waals surface area contributed by atoms with E-state index in [2.05, 4.69) is 6.92 Å². The molecule has 0 bridgehead atoms. The zero-order valence-corrected chi connectivity index (χ0v) is 12.1. The van der Waals surface area contributed by atoms with Gasteiger partial charge in [0.2, 0.25) is 5.91 Å². The predicted octanol–water partition coefficient (Wildman–Crippen LogP) is 1.92. The van der Waals surface area contributed by atoms with E-state index in [1.54, 1.807) is 0 Å². The Balaban J connectivity index is 1.76. The fraction of sp³-hybridized carbons (Fsp3) is 0.933. The SMILES string of the molecule is C[C@@H]1CCC[C@@H](OCC(=O)N2CCCC[C@@H]2CN)C1. The van der Waals surface area contributed by atoms with E-state index >= 15 is 0 Å². The van der Waals surface area contributed by atoms with Crippen molar-refractivity contribution >= 4 is 5.91 Å². The van der Waals surface area contributed by atoms with Crippen molar-refractivity contribution in [2.45, 2.75) is 64.0 Å². The summed E-state index contributed by atoms with van der Waals surface area (Å²) in [6.07, 6.45) is 8.36. The molecular formula is C15H28N2O2. The Labute approximate surface area is 116 Å². The van der Waals surface area contributed by atoms with E-state index in [-0.39, 0.29) is 24.7 Å². The summed E-state index contributed by atoms with van der Waals surface area (Å²) in [5, 5.41) is 0. The van der Waals surface area contributed by atoms with Crippen molar-refractivity contribution in [1.82, 2.24) is 4.90 Å². The summed E-state index contributed by atoms with van der Waals surface area (Å²) in [4.78, 5) is 14.2. The molecule has 110 valence electrons. The molecule has 1 aliphatic carbocycles. The Bertz CT molecular complexity index is 296. The number of hydrogen-bond donors (Lipinski definition) is 1. The molecule has 0 unspecified atom stereocenters. The standard InChI is InChI=1S/C15H28N2O2/c1-12-5-4-7-14(9-12)19-11-15(18)17-8-3-2-6-13(17)10-16/h12-14H,2-11,16H2,1H3/t12-,13-,14-/m1/s1. The molecule has 1 saturated heterocycles. The lowest BCUT2D eigenvalue weighted by atomic mass is 9.89. The average Bonchev–Trinajstić information content (AvgIpc) is 2.45. The van der Waals surface area contributed by atoms with Gasteiger partial charge in [-0.1, -0.05) is 19.8 Å². The first-order valence-electron chi connectivity index (χ1n) is 7.82. The smallest absolute Gasteiger partial charge is 0.248 e. The van der Waals surface area contributed by atoms with Gasteiger partial charge >= 0.3 is 0 Å². The van der Waals surface area contributed by atoms with Crippen LogP contribution in [0.5, 0.6) is 0 Å². The van der Waals surface area contributed by atoms with Gasteiger partial charge in [-0.15, -0.1) is 0 Å². The summed E-state index contributed by atoms with van der Waals surface area (Å²) < 4.78 is 5.83. The minimum Gasteiger partial charge on any atom is -0.368 e. The minimum absolute atomic E-state index is 0.133. The molecule has 2 N–H and O–H groups in total. The summed E-state index contributed by atoms with van der Waals surface area (Å²) in [5.41, 5.74) is 5.75. The van der Waals surface area contributed by atoms with Gasteiger partial charge in [0, 0.05) is 19.1 Å². The van der Waals surface area contributed by atoms with Crippen LogP contribution in [-0.2, 0) is 9.53 Å². The fourth-order valence-electron chi connectivity index (χ4n) is 3.38. The van der Waals surface area contributed by atoms with Gasteiger partial charge in [-0.2, -0.15) is 0 Å². The van der Waals surface area contributed by atoms with Crippen molar-refractivity contribution in [3.8, 4) is 0 Å². The Kier molecular flexibility index (Phi) is 5.64. The summed E-state index contributed by atoms with van der Waals surface area (Å²) in [5.74, 6) is 0.869. The maximum absolute atomic E-state index is 12.2. The highest BCUT2D eigenvalue weighted by molar-refractivity contribution is 5.78. The van der Waals surface area contributed by atoms with Gasteiger partial charge in [-0.3, -0.25) is 4.79 Å². The summed E-state index contributed by atoms with van der Waals surface area (Å²) in [7, 11) is 0. The first kappa shape index (κ1) is 14.8. The Hall–Kier alpha value is -0.610. The van der Waals surface area contributed by atoms with Crippen LogP contribution < -0.4 is 5.73 Å². The number of carbonyl (C=O) groups excluding carboxylic acids is 1. The van der Waals surface area contributed by atoms with Crippen LogP contribution in [0.2, 0.25) is 0 Å². The molecule has 2 aliphatic rings. The number of rotatable bonds is 4. The fourth-order valence-corrected chi connectivity index (χ4v) is 3.38. The van der Waals surface area contributed by atoms with Crippen LogP contribution in [0.25, 0.3) is 0 Å². The monoisotopic (exact) mass is 268 g/mol. The van der Waals surface area contributed by atoms with E-state index in [0.29, 0.717) is 6.54 Å². The maximum Gasteiger partial charge on any atom is 0.248 e. The second-order valence-electron chi connectivity index (χ2n) is 6.18. The largest absolute Gasteiger partial charge is 0.368 e. The van der Waals surface area contributed by atoms with E-state index in [1.807, 2.05) is 4.90 Å². The second-order valence-corrected chi connectivity index (χ2v) is 6.18. The molecule has 3 atom stereocenters. The number of likely N-dealkylation sites (tertiary alicyclic amines) is 1. The molecule has 1 amide bonds. The number of hydrogen-bond acceptors (Lipinski definition) is 3. The molecular weight excluding hydrogens is 240 g/mol. The van der Waals surface area contributed by atoms with Gasteiger partial charge in [0.25, 0.3) is 0 Å². The van der Waals surface area contributed by atoms with E-state index in [0.717, 1.165) is 38.1 Å². The molecule has 0 spiro atoms. The van der Waals surface area contributed by atoms with Crippen molar-refractivity contribution in [1.29, 1.82) is 0 Å². The van der Waals surface area contributed by atoms with Crippen molar-refractivity contribution in [3.63, 3.8) is 0 Å². The molecule has 4 heteroatoms. The van der Waals surface area contributed by atoms with Crippen LogP contribution in [0, 0.1) is 5.92 Å². The van der Waals surface area contributed by atoms with Gasteiger partial charge < -0.3 is 15.4 Å². The highest BCUT2D eigenvalue weighted by atomic mass is 16.5. The third kappa shape index (κ3) is 4.18. The zero-order valence-electron chi connectivity index (χ0n) is 12.1. The number of nitrogens with two attached hydrogens (primary N) is 1. The predicted molar refractivity (Wildman–Crippen MR) is 75.8 cm³/mol. The van der Waals surface area contributed by atoms with Crippen LogP contribution in [-0.4, -0.2) is 42.6 Å². The molecule has 19 heavy (non-hydrogen) atoms. The highest BCUT2D eigenvalue weighted by Crippen LogP contribution is 2.26. The quantitative estimate of drug-likeness (QED) is 0.847. The topological polar surface area (TPSA) is 55.6 Å². The lowest BCUT2D eigenvalue weighted by Crippen LogP contribution is -2.49. The molecule has 4 nitrogen and oxygen atoms in total. The summed E-state index contributed by atoms with van der Waals surface area (Å²) in [6, 6.07) is 0.232. The molecule has 1 heterocycles. The lowest BCUT2D eigenvalue weighted by Gasteiger charge is -2.35. The first-order chi connectivity index (χ1) is 9.20. The van der Waals surface area contributed by atoms with Crippen LogP contribution in [0.4, 0.5) is 0 Å². The molecule has 0 aromatic carbocycles. The second kappa shape index (κ2) is 7.25. The molecule has 0 aromatic heterocycles. The van der Waals surface area contributed by atoms with E-state index < -0.39 is 0 Å². The zero-order chi connectivity index (χ0) is 13.7. The third-order valence-electron chi connectivity index (χ3n) is 4.55. The number of carbonyl (C=O) groups is 1. The first-order valence-corrected chi connectivity index (χ1v) is 7.82. The Morgan fingerprint density at radius 3 is 2.84 bits per heavy atom. The number of piperidine rings is 1. The van der Waals surface area contributed by atoms with Gasteiger partial charge in [0.1, 0.15) is 6.61 Å². The van der Waals surface area contributed by atoms with Crippen LogP contribution in [0.15, 0.2) is 0 Å². The molecule has 2 fully saturated rings. The number of nitrogens with zero attached hydrogens (tertiary/aromatic N) is 1. The molecule has 0 aromatic rings. The normalized spacial score (nSPS) is 32.3. The van der Waals surface area contributed by atoms with Crippen molar-refractivity contribution in [2.24, 2.45) is 11.7 Å². The molecule has 1 saturated carbocycles. The minimum atomic E-state index is 0.133. The molecule has 1 aliphatic heterocycles. The average molecular weight is 268 g/mol. The van der Waals surface area contributed by atoms with Gasteiger partial charge in [-0.05, 0) is 38.0 Å². The molecule has 2 rings (SSSR count). The number of ether oxygens (including phenoxy) is 1. The number of amides is 1. The summed E-state index contributed by atoms with van der Waals surface area (Å²) >= 11 is 0. The van der Waals surface area contributed by atoms with E-state index in [9.17, 15) is 4.79 Å². The molecule has 0 radical (unpaired) electrons. The van der Waals surface area contributed by atoms with Gasteiger partial charge in [0.05, 0.1) is 6.10 Å². The van der Waals surface area contributed by atoms with Crippen LogP contribution in [0.1, 0.15) is 51.9 Å². The van der Waals surface area contributed by atoms with Crippen LogP contribution in [0.3, 0.4) is 0 Å². The van der Waals surface area contributed by atoms with Crippen LogP contribution >= 0.6 is 0 Å². The van der Waals surface area contributed by atoms with Crippen molar-refractivity contribution in [3.05, 3.63) is 0 Å². The lowest BCUT2D eigenvalue weighted by molar-refractivity contribution is -0.142.